The molecule has 0 radical (unpaired) electrons. The summed E-state index contributed by atoms with van der Waals surface area (Å²) in [6.45, 7) is 8.05. The lowest BCUT2D eigenvalue weighted by atomic mass is 10.1. The lowest BCUT2D eigenvalue weighted by Gasteiger charge is -2.38. The molecule has 1 atom stereocenters. The summed E-state index contributed by atoms with van der Waals surface area (Å²) < 4.78 is 25.7. The first kappa shape index (κ1) is 19.8. The molecule has 1 aliphatic heterocycles. The molecule has 7 heteroatoms. The molecular weight excluding hydrogens is 360 g/mol. The fraction of sp³-hybridized carbons (Fsp3) is 0.450. The monoisotopic (exact) mass is 388 g/mol. The molecule has 27 heavy (non-hydrogen) atoms. The van der Waals surface area contributed by atoms with Crippen LogP contribution in [0.2, 0.25) is 0 Å². The summed E-state index contributed by atoms with van der Waals surface area (Å²) in [5.74, 6) is 1.04. The number of hydrogen-bond acceptors (Lipinski definition) is 5. The molecule has 6 nitrogen and oxygen atoms in total. The third-order valence-electron chi connectivity index (χ3n) is 5.23. The van der Waals surface area contributed by atoms with E-state index < -0.39 is 10.0 Å². The Hall–Kier alpha value is -1.96. The van der Waals surface area contributed by atoms with E-state index in [0.717, 1.165) is 37.6 Å². The Kier molecular flexibility index (Phi) is 5.83. The zero-order chi connectivity index (χ0) is 19.6. The second-order valence-corrected chi connectivity index (χ2v) is 9.40. The standard InChI is InChI=1S/C20H28N4O2S/c1-16-9-10-21-20(15-16)24-13-11-23(12-14-24)17(2)18-5-7-19(8-6-18)27(25,26)22(3)4/h5-10,15,17H,11-14H2,1-4H3. The average molecular weight is 389 g/mol. The van der Waals surface area contributed by atoms with E-state index in [9.17, 15) is 8.42 Å². The highest BCUT2D eigenvalue weighted by atomic mass is 32.2. The number of benzene rings is 1. The number of rotatable bonds is 5. The number of anilines is 1. The minimum atomic E-state index is -3.38. The van der Waals surface area contributed by atoms with E-state index in [1.54, 1.807) is 26.2 Å². The first-order valence-electron chi connectivity index (χ1n) is 9.23. The van der Waals surface area contributed by atoms with Gasteiger partial charge in [-0.1, -0.05) is 12.1 Å². The molecule has 1 fully saturated rings. The maximum absolute atomic E-state index is 12.2. The third-order valence-corrected chi connectivity index (χ3v) is 7.06. The minimum absolute atomic E-state index is 0.244. The molecule has 1 aliphatic rings. The molecule has 1 aromatic carbocycles. The van der Waals surface area contributed by atoms with Crippen LogP contribution < -0.4 is 4.90 Å². The number of pyridine rings is 1. The van der Waals surface area contributed by atoms with Gasteiger partial charge in [-0.25, -0.2) is 17.7 Å². The molecule has 2 heterocycles. The van der Waals surface area contributed by atoms with Crippen LogP contribution in [-0.2, 0) is 10.0 Å². The second kappa shape index (κ2) is 7.96. The van der Waals surface area contributed by atoms with Crippen LogP contribution in [0.3, 0.4) is 0 Å². The van der Waals surface area contributed by atoms with Gasteiger partial charge < -0.3 is 4.90 Å². The van der Waals surface area contributed by atoms with E-state index in [1.807, 2.05) is 24.4 Å². The largest absolute Gasteiger partial charge is 0.354 e. The van der Waals surface area contributed by atoms with Gasteiger partial charge in [0.1, 0.15) is 5.82 Å². The maximum Gasteiger partial charge on any atom is 0.242 e. The van der Waals surface area contributed by atoms with Crippen LogP contribution in [0.5, 0.6) is 0 Å². The molecule has 0 N–H and O–H groups in total. The average Bonchev–Trinajstić information content (AvgIpc) is 2.67. The first-order chi connectivity index (χ1) is 12.8. The number of hydrogen-bond donors (Lipinski definition) is 0. The van der Waals surface area contributed by atoms with E-state index in [-0.39, 0.29) is 6.04 Å². The fourth-order valence-corrected chi connectivity index (χ4v) is 4.27. The van der Waals surface area contributed by atoms with Crippen molar-refractivity contribution in [2.75, 3.05) is 45.2 Å². The summed E-state index contributed by atoms with van der Waals surface area (Å²) >= 11 is 0. The van der Waals surface area contributed by atoms with Crippen LogP contribution in [0.25, 0.3) is 0 Å². The summed E-state index contributed by atoms with van der Waals surface area (Å²) in [5.41, 5.74) is 2.36. The van der Waals surface area contributed by atoms with E-state index in [2.05, 4.69) is 34.7 Å². The Morgan fingerprint density at radius 3 is 2.22 bits per heavy atom. The predicted octanol–water partition coefficient (Wildman–Crippen LogP) is 2.52. The van der Waals surface area contributed by atoms with Crippen LogP contribution in [0.15, 0.2) is 47.5 Å². The molecule has 0 amide bonds. The Bertz CT molecular complexity index is 873. The number of aromatic nitrogens is 1. The van der Waals surface area contributed by atoms with Crippen LogP contribution in [0, 0.1) is 6.92 Å². The molecule has 146 valence electrons. The maximum atomic E-state index is 12.2. The molecule has 0 aliphatic carbocycles. The summed E-state index contributed by atoms with van der Waals surface area (Å²) in [5, 5.41) is 0. The highest BCUT2D eigenvalue weighted by molar-refractivity contribution is 7.89. The SMILES string of the molecule is Cc1ccnc(N2CCN(C(C)c3ccc(S(=O)(=O)N(C)C)cc3)CC2)c1. The van der Waals surface area contributed by atoms with Gasteiger partial charge in [-0.15, -0.1) is 0 Å². The predicted molar refractivity (Wildman–Crippen MR) is 108 cm³/mol. The van der Waals surface area contributed by atoms with Crippen molar-refractivity contribution in [3.05, 3.63) is 53.7 Å². The number of nitrogens with zero attached hydrogens (tertiary/aromatic N) is 4. The van der Waals surface area contributed by atoms with Crippen LogP contribution in [0.1, 0.15) is 24.1 Å². The zero-order valence-electron chi connectivity index (χ0n) is 16.5. The molecule has 2 aromatic rings. The van der Waals surface area contributed by atoms with Crippen LogP contribution >= 0.6 is 0 Å². The topological polar surface area (TPSA) is 56.8 Å². The molecule has 1 unspecified atom stereocenters. The molecule has 3 rings (SSSR count). The fourth-order valence-electron chi connectivity index (χ4n) is 3.37. The van der Waals surface area contributed by atoms with Gasteiger partial charge >= 0.3 is 0 Å². The zero-order valence-corrected chi connectivity index (χ0v) is 17.3. The van der Waals surface area contributed by atoms with Gasteiger partial charge in [0.15, 0.2) is 0 Å². The van der Waals surface area contributed by atoms with Crippen LogP contribution in [-0.4, -0.2) is 62.9 Å². The minimum Gasteiger partial charge on any atom is -0.354 e. The van der Waals surface area contributed by atoms with Crippen molar-refractivity contribution < 1.29 is 8.42 Å². The lowest BCUT2D eigenvalue weighted by Crippen LogP contribution is -2.47. The summed E-state index contributed by atoms with van der Waals surface area (Å²) in [7, 11) is -0.280. The number of sulfonamides is 1. The normalized spacial score (nSPS) is 17.3. The molecule has 0 saturated carbocycles. The van der Waals surface area contributed by atoms with Crippen molar-refractivity contribution in [3.8, 4) is 0 Å². The van der Waals surface area contributed by atoms with E-state index in [4.69, 9.17) is 0 Å². The molecular formula is C20H28N4O2S. The number of piperazine rings is 1. The van der Waals surface area contributed by atoms with Crippen molar-refractivity contribution in [1.29, 1.82) is 0 Å². The Labute approximate surface area is 162 Å². The highest BCUT2D eigenvalue weighted by Crippen LogP contribution is 2.25. The van der Waals surface area contributed by atoms with Gasteiger partial charge in [-0.05, 0) is 49.2 Å². The lowest BCUT2D eigenvalue weighted by molar-refractivity contribution is 0.198. The van der Waals surface area contributed by atoms with Crippen molar-refractivity contribution in [2.45, 2.75) is 24.8 Å². The quantitative estimate of drug-likeness (QED) is 0.788. The van der Waals surface area contributed by atoms with Gasteiger partial charge in [0.05, 0.1) is 4.90 Å². The van der Waals surface area contributed by atoms with Crippen LogP contribution in [0.4, 0.5) is 5.82 Å². The van der Waals surface area contributed by atoms with E-state index in [1.165, 1.54) is 9.87 Å². The summed E-state index contributed by atoms with van der Waals surface area (Å²) in [6.07, 6.45) is 1.86. The van der Waals surface area contributed by atoms with Gasteiger partial charge in [-0.2, -0.15) is 0 Å². The van der Waals surface area contributed by atoms with Crippen molar-refractivity contribution >= 4 is 15.8 Å². The Balaban J connectivity index is 1.65. The summed E-state index contributed by atoms with van der Waals surface area (Å²) in [6, 6.07) is 11.6. The van der Waals surface area contributed by atoms with Crippen molar-refractivity contribution in [3.63, 3.8) is 0 Å². The smallest absolute Gasteiger partial charge is 0.242 e. The molecule has 0 spiro atoms. The second-order valence-electron chi connectivity index (χ2n) is 7.25. The van der Waals surface area contributed by atoms with E-state index >= 15 is 0 Å². The van der Waals surface area contributed by atoms with Gasteiger partial charge in [-0.3, -0.25) is 4.90 Å². The van der Waals surface area contributed by atoms with Gasteiger partial charge in [0.25, 0.3) is 0 Å². The Morgan fingerprint density at radius 1 is 1.04 bits per heavy atom. The summed E-state index contributed by atoms with van der Waals surface area (Å²) in [4.78, 5) is 9.57. The Morgan fingerprint density at radius 2 is 1.67 bits per heavy atom. The van der Waals surface area contributed by atoms with E-state index in [0.29, 0.717) is 4.90 Å². The first-order valence-corrected chi connectivity index (χ1v) is 10.7. The number of aryl methyl sites for hydroxylation is 1. The van der Waals surface area contributed by atoms with Gasteiger partial charge in [0, 0.05) is 52.5 Å². The van der Waals surface area contributed by atoms with Crippen molar-refractivity contribution in [1.82, 2.24) is 14.2 Å². The third kappa shape index (κ3) is 4.31. The highest BCUT2D eigenvalue weighted by Gasteiger charge is 2.23. The molecule has 1 aromatic heterocycles. The van der Waals surface area contributed by atoms with Crippen molar-refractivity contribution in [2.24, 2.45) is 0 Å². The van der Waals surface area contributed by atoms with Gasteiger partial charge in [0.2, 0.25) is 10.0 Å². The molecule has 1 saturated heterocycles. The molecule has 0 bridgehead atoms.